The summed E-state index contributed by atoms with van der Waals surface area (Å²) >= 11 is 3.87. The Morgan fingerprint density at radius 2 is 1.07 bits per heavy atom. The van der Waals surface area contributed by atoms with Gasteiger partial charge in [0.25, 0.3) is 0 Å². The highest BCUT2D eigenvalue weighted by Gasteiger charge is 2.19. The zero-order valence-electron chi connectivity index (χ0n) is 17.4. The molecule has 0 atom stereocenters. The van der Waals surface area contributed by atoms with E-state index >= 15 is 0 Å². The Morgan fingerprint density at radius 1 is 0.536 bits per heavy atom. The zero-order chi connectivity index (χ0) is 19.8. The Kier molecular flexibility index (Phi) is 3.76. The van der Waals surface area contributed by atoms with E-state index in [9.17, 15) is 0 Å². The summed E-state index contributed by atoms with van der Waals surface area (Å²) < 4.78 is 5.62. The Bertz CT molecular complexity index is 1360. The van der Waals surface area contributed by atoms with Crippen LogP contribution in [0.1, 0.15) is 52.7 Å². The molecule has 0 aliphatic carbocycles. The topological polar surface area (TPSA) is 0 Å². The van der Waals surface area contributed by atoms with Crippen LogP contribution in [-0.4, -0.2) is 0 Å². The van der Waals surface area contributed by atoms with E-state index in [1.165, 1.54) is 51.5 Å². The quantitative estimate of drug-likeness (QED) is 0.242. The molecule has 0 N–H and O–H groups in total. The first-order valence-electron chi connectivity index (χ1n) is 9.95. The maximum absolute atomic E-state index is 2.43. The van der Waals surface area contributed by atoms with Gasteiger partial charge in [-0.05, 0) is 52.3 Å². The van der Waals surface area contributed by atoms with Crippen LogP contribution in [0, 0.1) is 0 Å². The lowest BCUT2D eigenvalue weighted by Gasteiger charge is -2.19. The average molecular weight is 403 g/mol. The molecule has 0 amide bonds. The first kappa shape index (κ1) is 18.1. The Labute approximate surface area is 174 Å². The first-order valence-corrected chi connectivity index (χ1v) is 11.6. The largest absolute Gasteiger partial charge is 0.135 e. The van der Waals surface area contributed by atoms with Crippen LogP contribution in [0.25, 0.3) is 40.3 Å². The van der Waals surface area contributed by atoms with Gasteiger partial charge < -0.3 is 0 Å². The third kappa shape index (κ3) is 2.69. The fourth-order valence-electron chi connectivity index (χ4n) is 4.03. The maximum atomic E-state index is 2.43. The van der Waals surface area contributed by atoms with E-state index in [-0.39, 0.29) is 10.8 Å². The van der Waals surface area contributed by atoms with Gasteiger partial charge in [0.1, 0.15) is 0 Å². The van der Waals surface area contributed by atoms with E-state index in [2.05, 4.69) is 90.1 Å². The minimum Gasteiger partial charge on any atom is -0.135 e. The van der Waals surface area contributed by atoms with Gasteiger partial charge in [-0.1, -0.05) is 59.7 Å². The fraction of sp³-hybridized carbons (Fsp3) is 0.308. The molecule has 2 heterocycles. The van der Waals surface area contributed by atoms with Crippen LogP contribution in [0.4, 0.5) is 0 Å². The minimum atomic E-state index is 0.165. The summed E-state index contributed by atoms with van der Waals surface area (Å²) in [4.78, 5) is 0. The van der Waals surface area contributed by atoms with Crippen molar-refractivity contribution in [2.75, 3.05) is 0 Å². The molecule has 0 aliphatic rings. The molecule has 3 aromatic carbocycles. The third-order valence-corrected chi connectivity index (χ3v) is 8.14. The van der Waals surface area contributed by atoms with Gasteiger partial charge in [0.15, 0.2) is 0 Å². The number of fused-ring (bicyclic) bond motifs is 7. The first-order chi connectivity index (χ1) is 13.1. The molecule has 2 aromatic heterocycles. The monoisotopic (exact) mass is 402 g/mol. The number of rotatable bonds is 0. The number of thiophene rings is 2. The van der Waals surface area contributed by atoms with Gasteiger partial charge >= 0.3 is 0 Å². The highest BCUT2D eigenvalue weighted by Crippen LogP contribution is 2.45. The second-order valence-electron chi connectivity index (χ2n) is 9.94. The highest BCUT2D eigenvalue weighted by atomic mass is 32.1. The van der Waals surface area contributed by atoms with Crippen molar-refractivity contribution in [2.24, 2.45) is 0 Å². The summed E-state index contributed by atoms with van der Waals surface area (Å²) in [5.74, 6) is 0. The van der Waals surface area contributed by atoms with E-state index in [4.69, 9.17) is 0 Å². The maximum Gasteiger partial charge on any atom is 0.0448 e. The van der Waals surface area contributed by atoms with E-state index in [1.807, 2.05) is 22.7 Å². The molecule has 28 heavy (non-hydrogen) atoms. The molecular weight excluding hydrogens is 376 g/mol. The van der Waals surface area contributed by atoms with Crippen LogP contribution < -0.4 is 0 Å². The smallest absolute Gasteiger partial charge is 0.0448 e. The number of benzene rings is 3. The molecule has 0 unspecified atom stereocenters. The van der Waals surface area contributed by atoms with Gasteiger partial charge in [-0.3, -0.25) is 0 Å². The summed E-state index contributed by atoms with van der Waals surface area (Å²) in [6, 6.07) is 18.7. The van der Waals surface area contributed by atoms with E-state index in [1.54, 1.807) is 0 Å². The van der Waals surface area contributed by atoms with E-state index < -0.39 is 0 Å². The fourth-order valence-corrected chi connectivity index (χ4v) is 6.43. The van der Waals surface area contributed by atoms with Gasteiger partial charge in [-0.15, -0.1) is 22.7 Å². The molecule has 5 aromatic rings. The minimum absolute atomic E-state index is 0.165. The molecule has 2 heteroatoms. The van der Waals surface area contributed by atoms with Crippen LogP contribution in [-0.2, 0) is 10.8 Å². The summed E-state index contributed by atoms with van der Waals surface area (Å²) in [5, 5.41) is 5.67. The van der Waals surface area contributed by atoms with Crippen molar-refractivity contribution in [1.29, 1.82) is 0 Å². The standard InChI is InChI=1S/C26H26S2/c1-25(2,3)15-7-10-20-18(13-15)17-9-12-22-23(24(17)28-20)19-14-16(26(4,5)6)8-11-21(19)27-22/h7-14H,1-6H3. The molecule has 0 bridgehead atoms. The molecule has 0 spiro atoms. The molecule has 142 valence electrons. The molecule has 0 aliphatic heterocycles. The SMILES string of the molecule is CC(C)(C)c1ccc2sc3c(ccc4sc5ccc(C(C)(C)C)cc5c43)c2c1. The molecule has 0 nitrogen and oxygen atoms in total. The lowest BCUT2D eigenvalue weighted by atomic mass is 9.86. The number of hydrogen-bond acceptors (Lipinski definition) is 2. The van der Waals surface area contributed by atoms with Crippen LogP contribution in [0.2, 0.25) is 0 Å². The number of hydrogen-bond donors (Lipinski definition) is 0. The molecule has 0 saturated heterocycles. The zero-order valence-corrected chi connectivity index (χ0v) is 19.1. The van der Waals surface area contributed by atoms with Crippen molar-refractivity contribution in [2.45, 2.75) is 52.4 Å². The van der Waals surface area contributed by atoms with Crippen molar-refractivity contribution in [3.8, 4) is 0 Å². The highest BCUT2D eigenvalue weighted by molar-refractivity contribution is 7.29. The van der Waals surface area contributed by atoms with Gasteiger partial charge in [0.2, 0.25) is 0 Å². The van der Waals surface area contributed by atoms with Crippen molar-refractivity contribution in [1.82, 2.24) is 0 Å². The summed E-state index contributed by atoms with van der Waals surface area (Å²) in [5.41, 5.74) is 3.15. The van der Waals surface area contributed by atoms with Gasteiger partial charge in [-0.2, -0.15) is 0 Å². The molecule has 0 saturated carbocycles. The van der Waals surface area contributed by atoms with Crippen LogP contribution in [0.3, 0.4) is 0 Å². The average Bonchev–Trinajstić information content (AvgIpc) is 3.16. The molecule has 5 rings (SSSR count). The Hall–Kier alpha value is -1.90. The third-order valence-electron chi connectivity index (χ3n) is 5.80. The summed E-state index contributed by atoms with van der Waals surface area (Å²) in [7, 11) is 0. The van der Waals surface area contributed by atoms with Crippen molar-refractivity contribution >= 4 is 63.0 Å². The van der Waals surface area contributed by atoms with Crippen LogP contribution in [0.15, 0.2) is 48.5 Å². The predicted octanol–water partition coefficient (Wildman–Crippen LogP) is 9.02. The molecule has 0 radical (unpaired) electrons. The molecular formula is C26H26S2. The molecule has 0 fully saturated rings. The van der Waals surface area contributed by atoms with Gasteiger partial charge in [0.05, 0.1) is 0 Å². The van der Waals surface area contributed by atoms with E-state index in [0.29, 0.717) is 0 Å². The van der Waals surface area contributed by atoms with Crippen molar-refractivity contribution in [3.63, 3.8) is 0 Å². The van der Waals surface area contributed by atoms with Gasteiger partial charge in [0, 0.05) is 40.3 Å². The predicted molar refractivity (Wildman–Crippen MR) is 130 cm³/mol. The summed E-state index contributed by atoms with van der Waals surface area (Å²) in [6.45, 7) is 13.8. The Morgan fingerprint density at radius 3 is 1.68 bits per heavy atom. The van der Waals surface area contributed by atoms with Crippen LogP contribution in [0.5, 0.6) is 0 Å². The second kappa shape index (κ2) is 5.81. The van der Waals surface area contributed by atoms with Crippen molar-refractivity contribution < 1.29 is 0 Å². The van der Waals surface area contributed by atoms with Crippen LogP contribution >= 0.6 is 22.7 Å². The Balaban J connectivity index is 1.90. The van der Waals surface area contributed by atoms with Crippen molar-refractivity contribution in [3.05, 3.63) is 59.7 Å². The van der Waals surface area contributed by atoms with E-state index in [0.717, 1.165) is 0 Å². The van der Waals surface area contributed by atoms with Gasteiger partial charge in [-0.25, -0.2) is 0 Å². The summed E-state index contributed by atoms with van der Waals surface area (Å²) in [6.07, 6.45) is 0. The second-order valence-corrected chi connectivity index (χ2v) is 12.1. The normalized spacial score (nSPS) is 13.4. The lowest BCUT2D eigenvalue weighted by molar-refractivity contribution is 0.591. The lowest BCUT2D eigenvalue weighted by Crippen LogP contribution is -2.10.